The van der Waals surface area contributed by atoms with Crippen molar-refractivity contribution in [1.82, 2.24) is 16.0 Å². The van der Waals surface area contributed by atoms with Gasteiger partial charge in [0.25, 0.3) is 0 Å². The lowest BCUT2D eigenvalue weighted by molar-refractivity contribution is -0.121. The minimum Gasteiger partial charge on any atom is -0.363 e. The Labute approximate surface area is 159 Å². The molecule has 0 aliphatic heterocycles. The standard InChI is InChI=1S/C18H37N5OS/c1-7-9-13-19-15(24)11-12-18(6,23-22-17(3,4)5)21-16(25)20-14-10-8-2/h7-14H2,1-6H3,(H,19,24)(H2,20,21,25). The van der Waals surface area contributed by atoms with Crippen molar-refractivity contribution in [2.24, 2.45) is 10.2 Å². The SMILES string of the molecule is CCCCNC(=O)CCC(C)(N=NC(C)(C)C)NC(=S)NCCCC. The van der Waals surface area contributed by atoms with Gasteiger partial charge in [0.2, 0.25) is 5.91 Å². The molecule has 0 rings (SSSR count). The molecule has 6 nitrogen and oxygen atoms in total. The molecule has 0 aromatic carbocycles. The number of rotatable bonds is 11. The molecule has 0 heterocycles. The Bertz CT molecular complexity index is 434. The summed E-state index contributed by atoms with van der Waals surface area (Å²) >= 11 is 5.36. The summed E-state index contributed by atoms with van der Waals surface area (Å²) < 4.78 is 0. The number of unbranched alkanes of at least 4 members (excludes halogenated alkanes) is 2. The average Bonchev–Trinajstić information content (AvgIpc) is 2.51. The molecule has 0 fully saturated rings. The minimum absolute atomic E-state index is 0.0392. The van der Waals surface area contributed by atoms with Crippen molar-refractivity contribution in [2.45, 2.75) is 91.3 Å². The van der Waals surface area contributed by atoms with Crippen LogP contribution in [-0.4, -0.2) is 35.3 Å². The number of hydrogen-bond acceptors (Lipinski definition) is 4. The molecule has 0 saturated heterocycles. The zero-order valence-electron chi connectivity index (χ0n) is 16.9. The zero-order valence-corrected chi connectivity index (χ0v) is 17.7. The van der Waals surface area contributed by atoms with Crippen molar-refractivity contribution >= 4 is 23.2 Å². The van der Waals surface area contributed by atoms with Crippen LogP contribution in [0.4, 0.5) is 0 Å². The number of carbonyl (C=O) groups is 1. The molecule has 0 aliphatic rings. The van der Waals surface area contributed by atoms with Gasteiger partial charge in [-0.25, -0.2) is 0 Å². The molecule has 1 amide bonds. The van der Waals surface area contributed by atoms with Gasteiger partial charge >= 0.3 is 0 Å². The molecule has 1 atom stereocenters. The first-order chi connectivity index (χ1) is 11.6. The highest BCUT2D eigenvalue weighted by atomic mass is 32.1. The van der Waals surface area contributed by atoms with Gasteiger partial charge in [0.1, 0.15) is 5.66 Å². The monoisotopic (exact) mass is 371 g/mol. The summed E-state index contributed by atoms with van der Waals surface area (Å²) in [5, 5.41) is 18.7. The molecule has 0 spiro atoms. The fourth-order valence-electron chi connectivity index (χ4n) is 1.92. The van der Waals surface area contributed by atoms with Crippen molar-refractivity contribution in [3.8, 4) is 0 Å². The van der Waals surface area contributed by atoms with Gasteiger partial charge in [0, 0.05) is 25.9 Å². The van der Waals surface area contributed by atoms with Crippen molar-refractivity contribution in [3.63, 3.8) is 0 Å². The molecule has 7 heteroatoms. The number of nitrogens with zero attached hydrogens (tertiary/aromatic N) is 2. The summed E-state index contributed by atoms with van der Waals surface area (Å²) in [6.07, 6.45) is 5.14. The summed E-state index contributed by atoms with van der Waals surface area (Å²) in [7, 11) is 0. The Morgan fingerprint density at radius 2 is 1.52 bits per heavy atom. The van der Waals surface area contributed by atoms with E-state index in [1.165, 1.54) is 0 Å². The topological polar surface area (TPSA) is 77.9 Å². The molecule has 0 aromatic rings. The summed E-state index contributed by atoms with van der Waals surface area (Å²) in [5.74, 6) is 0.0392. The highest BCUT2D eigenvalue weighted by Crippen LogP contribution is 2.18. The first-order valence-corrected chi connectivity index (χ1v) is 9.79. The molecule has 0 aliphatic carbocycles. The van der Waals surface area contributed by atoms with Gasteiger partial charge in [0.05, 0.1) is 5.54 Å². The predicted octanol–water partition coefficient (Wildman–Crippen LogP) is 3.91. The van der Waals surface area contributed by atoms with Crippen LogP contribution < -0.4 is 16.0 Å². The van der Waals surface area contributed by atoms with E-state index in [0.29, 0.717) is 18.0 Å². The number of carbonyl (C=O) groups excluding carboxylic acids is 1. The number of nitrogens with one attached hydrogen (secondary N) is 3. The Morgan fingerprint density at radius 1 is 0.960 bits per heavy atom. The molecular weight excluding hydrogens is 334 g/mol. The van der Waals surface area contributed by atoms with E-state index in [4.69, 9.17) is 12.2 Å². The molecule has 0 bridgehead atoms. The van der Waals surface area contributed by atoms with Crippen LogP contribution in [0.1, 0.15) is 80.1 Å². The third-order valence-corrected chi connectivity index (χ3v) is 3.71. The van der Waals surface area contributed by atoms with Crippen LogP contribution in [0.15, 0.2) is 10.2 Å². The van der Waals surface area contributed by atoms with E-state index in [9.17, 15) is 4.79 Å². The first-order valence-electron chi connectivity index (χ1n) is 9.38. The van der Waals surface area contributed by atoms with Crippen molar-refractivity contribution in [1.29, 1.82) is 0 Å². The van der Waals surface area contributed by atoms with E-state index in [-0.39, 0.29) is 11.4 Å². The summed E-state index contributed by atoms with van der Waals surface area (Å²) in [4.78, 5) is 12.0. The smallest absolute Gasteiger partial charge is 0.220 e. The van der Waals surface area contributed by atoms with Crippen LogP contribution in [0, 0.1) is 0 Å². The highest BCUT2D eigenvalue weighted by Gasteiger charge is 2.26. The normalized spacial score (nSPS) is 14.2. The molecule has 0 saturated carbocycles. The lowest BCUT2D eigenvalue weighted by atomic mass is 10.1. The van der Waals surface area contributed by atoms with Crippen LogP contribution >= 0.6 is 12.2 Å². The average molecular weight is 372 g/mol. The number of azo groups is 1. The lowest BCUT2D eigenvalue weighted by Crippen LogP contribution is -2.49. The fourth-order valence-corrected chi connectivity index (χ4v) is 2.24. The molecular formula is C18H37N5OS. The third-order valence-electron chi connectivity index (χ3n) is 3.46. The van der Waals surface area contributed by atoms with Crippen LogP contribution in [0.5, 0.6) is 0 Å². The van der Waals surface area contributed by atoms with Gasteiger partial charge in [-0.05, 0) is 52.8 Å². The van der Waals surface area contributed by atoms with Crippen LogP contribution in [0.3, 0.4) is 0 Å². The van der Waals surface area contributed by atoms with Gasteiger partial charge in [-0.15, -0.1) is 0 Å². The maximum absolute atomic E-state index is 12.0. The van der Waals surface area contributed by atoms with E-state index in [2.05, 4.69) is 40.0 Å². The predicted molar refractivity (Wildman–Crippen MR) is 109 cm³/mol. The Kier molecular flexibility index (Phi) is 11.6. The summed E-state index contributed by atoms with van der Waals surface area (Å²) in [6.45, 7) is 13.7. The molecule has 25 heavy (non-hydrogen) atoms. The molecule has 0 radical (unpaired) electrons. The highest BCUT2D eigenvalue weighted by molar-refractivity contribution is 7.80. The second-order valence-corrected chi connectivity index (χ2v) is 7.99. The number of thiocarbonyl (C=S) groups is 1. The van der Waals surface area contributed by atoms with Gasteiger partial charge < -0.3 is 16.0 Å². The van der Waals surface area contributed by atoms with E-state index in [1.54, 1.807) is 0 Å². The zero-order chi connectivity index (χ0) is 19.3. The second-order valence-electron chi connectivity index (χ2n) is 7.58. The van der Waals surface area contributed by atoms with Crippen LogP contribution in [-0.2, 0) is 4.79 Å². The van der Waals surface area contributed by atoms with E-state index >= 15 is 0 Å². The van der Waals surface area contributed by atoms with Crippen LogP contribution in [0.25, 0.3) is 0 Å². The molecule has 146 valence electrons. The molecule has 0 aromatic heterocycles. The number of amides is 1. The summed E-state index contributed by atoms with van der Waals surface area (Å²) in [6, 6.07) is 0. The first kappa shape index (κ1) is 23.8. The maximum atomic E-state index is 12.0. The Hall–Kier alpha value is -1.24. The molecule has 1 unspecified atom stereocenters. The largest absolute Gasteiger partial charge is 0.363 e. The van der Waals surface area contributed by atoms with Crippen LogP contribution in [0.2, 0.25) is 0 Å². The van der Waals surface area contributed by atoms with Gasteiger partial charge in [-0.2, -0.15) is 10.2 Å². The minimum atomic E-state index is -0.703. The second kappa shape index (κ2) is 12.2. The Balaban J connectivity index is 4.75. The van der Waals surface area contributed by atoms with E-state index < -0.39 is 5.66 Å². The summed E-state index contributed by atoms with van der Waals surface area (Å²) in [5.41, 5.74) is -0.977. The Morgan fingerprint density at radius 3 is 2.04 bits per heavy atom. The quantitative estimate of drug-likeness (QED) is 0.292. The number of hydrogen-bond donors (Lipinski definition) is 3. The maximum Gasteiger partial charge on any atom is 0.220 e. The van der Waals surface area contributed by atoms with Crippen molar-refractivity contribution < 1.29 is 4.79 Å². The van der Waals surface area contributed by atoms with E-state index in [1.807, 2.05) is 27.7 Å². The van der Waals surface area contributed by atoms with Crippen molar-refractivity contribution in [2.75, 3.05) is 13.1 Å². The third kappa shape index (κ3) is 13.7. The van der Waals surface area contributed by atoms with Gasteiger partial charge in [0.15, 0.2) is 5.11 Å². The van der Waals surface area contributed by atoms with Gasteiger partial charge in [-0.1, -0.05) is 26.7 Å². The van der Waals surface area contributed by atoms with Gasteiger partial charge in [-0.3, -0.25) is 4.79 Å². The lowest BCUT2D eigenvalue weighted by Gasteiger charge is -2.28. The molecule has 3 N–H and O–H groups in total. The fraction of sp³-hybridized carbons (Fsp3) is 0.889. The van der Waals surface area contributed by atoms with E-state index in [0.717, 1.165) is 38.8 Å². The van der Waals surface area contributed by atoms with Crippen molar-refractivity contribution in [3.05, 3.63) is 0 Å².